The standard InChI is InChI=1S/C15H17N5O.C14H15N5O.ClH/c1-21-12-7-6-10-11-8-17-15(16)19-14(11)20(13(10)18-12)9-4-2-3-5-9;15-14-16-7-10-9-5-6-11(20)17-12(9)19(13(10)18-14)8-3-1-2-4-8;/h6-9H,2-5H2,1H3,(H2,16,17,19);5-8H,1-4H2,(H,17,20)(H2,15,16,18);1H. The lowest BCUT2D eigenvalue weighted by Gasteiger charge is -2.14. The Morgan fingerprint density at radius 2 is 1.26 bits per heavy atom. The Kier molecular flexibility index (Phi) is 7.31. The number of halogens is 1. The summed E-state index contributed by atoms with van der Waals surface area (Å²) in [5, 5.41) is 3.97. The van der Waals surface area contributed by atoms with Crippen LogP contribution in [0.25, 0.3) is 44.1 Å². The predicted molar refractivity (Wildman–Crippen MR) is 166 cm³/mol. The van der Waals surface area contributed by atoms with Gasteiger partial charge >= 0.3 is 0 Å². The van der Waals surface area contributed by atoms with Crippen LogP contribution >= 0.6 is 12.4 Å². The van der Waals surface area contributed by atoms with Crippen molar-refractivity contribution in [2.24, 2.45) is 0 Å². The van der Waals surface area contributed by atoms with E-state index in [1.165, 1.54) is 31.7 Å². The molecule has 0 amide bonds. The Balaban J connectivity index is 0.000000147. The van der Waals surface area contributed by atoms with Crippen LogP contribution in [0.4, 0.5) is 11.9 Å². The van der Waals surface area contributed by atoms with Crippen molar-refractivity contribution in [3.8, 4) is 5.88 Å². The molecule has 0 saturated heterocycles. The first kappa shape index (κ1) is 27.7. The second-order valence-electron chi connectivity index (χ2n) is 10.9. The van der Waals surface area contributed by atoms with Crippen LogP contribution in [-0.2, 0) is 0 Å². The summed E-state index contributed by atoms with van der Waals surface area (Å²) in [7, 11) is 1.63. The summed E-state index contributed by atoms with van der Waals surface area (Å²) < 4.78 is 9.63. The van der Waals surface area contributed by atoms with Gasteiger partial charge in [-0.15, -0.1) is 12.4 Å². The number of nitrogens with one attached hydrogen (secondary N) is 1. The molecule has 13 heteroatoms. The average molecular weight is 589 g/mol. The number of nitrogen functional groups attached to an aromatic ring is 2. The van der Waals surface area contributed by atoms with Gasteiger partial charge < -0.3 is 30.3 Å². The molecule has 12 nitrogen and oxygen atoms in total. The molecular formula is C29H33ClN10O2. The summed E-state index contributed by atoms with van der Waals surface area (Å²) in [5.74, 6) is 1.18. The minimum Gasteiger partial charge on any atom is -0.481 e. The molecule has 0 atom stereocenters. The van der Waals surface area contributed by atoms with Crippen LogP contribution in [0.15, 0.2) is 41.5 Å². The maximum atomic E-state index is 11.7. The third-order valence-corrected chi connectivity index (χ3v) is 8.42. The lowest BCUT2D eigenvalue weighted by atomic mass is 10.2. The van der Waals surface area contributed by atoms with Gasteiger partial charge in [0.2, 0.25) is 23.3 Å². The molecule has 2 saturated carbocycles. The summed E-state index contributed by atoms with van der Waals surface area (Å²) in [6.07, 6.45) is 13.0. The maximum Gasteiger partial charge on any atom is 0.249 e. The summed E-state index contributed by atoms with van der Waals surface area (Å²) in [5.41, 5.74) is 14.9. The van der Waals surface area contributed by atoms with Crippen LogP contribution in [0.5, 0.6) is 5.88 Å². The molecule has 0 aromatic carbocycles. The van der Waals surface area contributed by atoms with E-state index in [0.29, 0.717) is 23.9 Å². The van der Waals surface area contributed by atoms with E-state index < -0.39 is 0 Å². The van der Waals surface area contributed by atoms with Crippen LogP contribution in [0.1, 0.15) is 63.5 Å². The van der Waals surface area contributed by atoms with Crippen LogP contribution in [0.2, 0.25) is 0 Å². The highest BCUT2D eigenvalue weighted by atomic mass is 35.5. The van der Waals surface area contributed by atoms with Crippen molar-refractivity contribution >= 4 is 68.4 Å². The fraction of sp³-hybridized carbons (Fsp3) is 0.379. The lowest BCUT2D eigenvalue weighted by molar-refractivity contribution is 0.398. The first-order chi connectivity index (χ1) is 20.0. The van der Waals surface area contributed by atoms with Crippen molar-refractivity contribution < 1.29 is 4.74 Å². The maximum absolute atomic E-state index is 11.7. The van der Waals surface area contributed by atoms with Gasteiger partial charge in [0.15, 0.2) is 0 Å². The molecule has 0 spiro atoms. The molecule has 2 aliphatic carbocycles. The van der Waals surface area contributed by atoms with Crippen LogP contribution in [-0.4, -0.2) is 46.1 Å². The van der Waals surface area contributed by atoms with E-state index in [-0.39, 0.29) is 23.9 Å². The molecular weight excluding hydrogens is 556 g/mol. The third kappa shape index (κ3) is 4.65. The fourth-order valence-electron chi connectivity index (χ4n) is 6.56. The molecule has 0 bridgehead atoms. The van der Waals surface area contributed by atoms with Crippen molar-refractivity contribution in [2.45, 2.75) is 63.5 Å². The van der Waals surface area contributed by atoms with E-state index >= 15 is 0 Å². The number of nitrogens with zero attached hydrogens (tertiary/aromatic N) is 7. The number of H-pyrrole nitrogens is 1. The molecule has 42 heavy (non-hydrogen) atoms. The molecule has 8 rings (SSSR count). The Morgan fingerprint density at radius 1 is 0.738 bits per heavy atom. The molecule has 0 unspecified atom stereocenters. The van der Waals surface area contributed by atoms with Crippen molar-refractivity contribution in [2.75, 3.05) is 18.6 Å². The van der Waals surface area contributed by atoms with Crippen LogP contribution < -0.4 is 21.8 Å². The van der Waals surface area contributed by atoms with Crippen molar-refractivity contribution in [3.63, 3.8) is 0 Å². The fourth-order valence-corrected chi connectivity index (χ4v) is 6.56. The highest BCUT2D eigenvalue weighted by molar-refractivity contribution is 6.06. The van der Waals surface area contributed by atoms with Gasteiger partial charge in [-0.25, -0.2) is 9.97 Å². The summed E-state index contributed by atoms with van der Waals surface area (Å²) in [4.78, 5) is 36.3. The molecule has 5 N–H and O–H groups in total. The smallest absolute Gasteiger partial charge is 0.249 e. The quantitative estimate of drug-likeness (QED) is 0.255. The minimum absolute atomic E-state index is 0. The summed E-state index contributed by atoms with van der Waals surface area (Å²) >= 11 is 0. The number of methoxy groups -OCH3 is 1. The highest BCUT2D eigenvalue weighted by Gasteiger charge is 2.25. The normalized spacial score (nSPS) is 15.8. The number of fused-ring (bicyclic) bond motifs is 6. The van der Waals surface area contributed by atoms with Crippen molar-refractivity contribution in [3.05, 3.63) is 47.0 Å². The Labute approximate surface area is 246 Å². The molecule has 0 aliphatic heterocycles. The van der Waals surface area contributed by atoms with Gasteiger partial charge in [-0.2, -0.15) is 15.0 Å². The van der Waals surface area contributed by atoms with E-state index in [1.807, 2.05) is 18.2 Å². The number of anilines is 2. The number of hydrogen-bond acceptors (Lipinski definition) is 9. The van der Waals surface area contributed by atoms with Crippen LogP contribution in [0.3, 0.4) is 0 Å². The van der Waals surface area contributed by atoms with E-state index in [9.17, 15) is 4.79 Å². The van der Waals surface area contributed by atoms with E-state index in [2.05, 4.69) is 39.0 Å². The number of hydrogen-bond donors (Lipinski definition) is 3. The average Bonchev–Trinajstić information content (AvgIpc) is 3.77. The second kappa shape index (κ2) is 11.1. The number of pyridine rings is 2. The first-order valence-corrected chi connectivity index (χ1v) is 14.1. The highest BCUT2D eigenvalue weighted by Crippen LogP contribution is 2.38. The third-order valence-electron chi connectivity index (χ3n) is 8.42. The zero-order chi connectivity index (χ0) is 28.1. The molecule has 2 fully saturated rings. The van der Waals surface area contributed by atoms with Crippen molar-refractivity contribution in [1.29, 1.82) is 0 Å². The Hall–Kier alpha value is -4.45. The number of nitrogens with two attached hydrogens (primary N) is 2. The van der Waals surface area contributed by atoms with Gasteiger partial charge in [0, 0.05) is 58.2 Å². The summed E-state index contributed by atoms with van der Waals surface area (Å²) in [6, 6.07) is 8.07. The molecule has 6 aromatic rings. The number of rotatable bonds is 3. The van der Waals surface area contributed by atoms with E-state index in [4.69, 9.17) is 16.2 Å². The molecule has 0 radical (unpaired) electrons. The topological polar surface area (TPSA) is 168 Å². The van der Waals surface area contributed by atoms with E-state index in [0.717, 1.165) is 69.8 Å². The summed E-state index contributed by atoms with van der Waals surface area (Å²) in [6.45, 7) is 0. The lowest BCUT2D eigenvalue weighted by Crippen LogP contribution is -2.10. The number of aromatic nitrogens is 8. The zero-order valence-electron chi connectivity index (χ0n) is 23.3. The van der Waals surface area contributed by atoms with Gasteiger partial charge in [-0.3, -0.25) is 4.79 Å². The molecule has 218 valence electrons. The molecule has 2 aliphatic rings. The Morgan fingerprint density at radius 3 is 1.88 bits per heavy atom. The van der Waals surface area contributed by atoms with Crippen molar-refractivity contribution in [1.82, 2.24) is 39.0 Å². The van der Waals surface area contributed by atoms with Gasteiger partial charge in [-0.05, 0) is 37.8 Å². The second-order valence-corrected chi connectivity index (χ2v) is 10.9. The van der Waals surface area contributed by atoms with Gasteiger partial charge in [-0.1, -0.05) is 25.7 Å². The first-order valence-electron chi connectivity index (χ1n) is 14.1. The predicted octanol–water partition coefficient (Wildman–Crippen LogP) is 5.08. The largest absolute Gasteiger partial charge is 0.481 e. The van der Waals surface area contributed by atoms with Gasteiger partial charge in [0.1, 0.15) is 22.6 Å². The minimum atomic E-state index is -0.0968. The number of ether oxygens (including phenoxy) is 1. The zero-order valence-corrected chi connectivity index (χ0v) is 24.1. The molecule has 6 aromatic heterocycles. The Bertz CT molecular complexity index is 1970. The van der Waals surface area contributed by atoms with E-state index in [1.54, 1.807) is 19.5 Å². The SMILES string of the molecule is COc1ccc2c3cnc(N)nc3n(C3CCCC3)c2n1.Cl.Nc1ncc2c3ccc(=O)[nH]c3n(C3CCCC3)c2n1. The van der Waals surface area contributed by atoms with Gasteiger partial charge in [0.05, 0.1) is 7.11 Å². The number of aromatic amines is 1. The van der Waals surface area contributed by atoms with Gasteiger partial charge in [0.25, 0.3) is 0 Å². The van der Waals surface area contributed by atoms with Crippen LogP contribution in [0, 0.1) is 0 Å². The monoisotopic (exact) mass is 588 g/mol. The molecule has 6 heterocycles.